The molecule has 1 aliphatic rings. The van der Waals surface area contributed by atoms with Gasteiger partial charge in [-0.2, -0.15) is 0 Å². The number of hydrogen-bond acceptors (Lipinski definition) is 5. The standard InChI is InChI=1S/C21H26N2O4/c1-3-26-14-15-27-17-10-8-16(9-11-17)20-22-19-7-5-4-6-18(19)21(24)23(20)12-13-25-2/h4-11,20,22H,3,12-15H2,1-2H3. The highest BCUT2D eigenvalue weighted by atomic mass is 16.5. The molecule has 0 aromatic heterocycles. The minimum atomic E-state index is -0.250. The van der Waals surface area contributed by atoms with Crippen molar-refractivity contribution in [2.24, 2.45) is 0 Å². The number of ether oxygens (including phenoxy) is 3. The van der Waals surface area contributed by atoms with Crippen molar-refractivity contribution in [1.29, 1.82) is 0 Å². The van der Waals surface area contributed by atoms with Crippen molar-refractivity contribution >= 4 is 11.6 Å². The van der Waals surface area contributed by atoms with Crippen LogP contribution in [-0.2, 0) is 9.47 Å². The summed E-state index contributed by atoms with van der Waals surface area (Å²) < 4.78 is 16.1. The minimum absolute atomic E-state index is 0.00319. The fourth-order valence-electron chi connectivity index (χ4n) is 3.09. The molecule has 3 rings (SSSR count). The van der Waals surface area contributed by atoms with Crippen LogP contribution in [0.2, 0.25) is 0 Å². The van der Waals surface area contributed by atoms with Crippen LogP contribution in [0.3, 0.4) is 0 Å². The summed E-state index contributed by atoms with van der Waals surface area (Å²) >= 11 is 0. The second-order valence-corrected chi connectivity index (χ2v) is 6.20. The van der Waals surface area contributed by atoms with E-state index in [1.165, 1.54) is 0 Å². The van der Waals surface area contributed by atoms with E-state index in [-0.39, 0.29) is 12.1 Å². The van der Waals surface area contributed by atoms with Gasteiger partial charge in [0.1, 0.15) is 18.5 Å². The third-order valence-electron chi connectivity index (χ3n) is 4.45. The molecule has 0 bridgehead atoms. The summed E-state index contributed by atoms with van der Waals surface area (Å²) in [5.41, 5.74) is 2.52. The fourth-order valence-corrected chi connectivity index (χ4v) is 3.09. The third-order valence-corrected chi connectivity index (χ3v) is 4.45. The molecule has 27 heavy (non-hydrogen) atoms. The van der Waals surface area contributed by atoms with Crippen molar-refractivity contribution in [2.75, 3.05) is 45.4 Å². The Balaban J connectivity index is 1.77. The zero-order valence-corrected chi connectivity index (χ0v) is 15.8. The normalized spacial score (nSPS) is 16.0. The highest BCUT2D eigenvalue weighted by Crippen LogP contribution is 2.33. The molecule has 0 fully saturated rings. The van der Waals surface area contributed by atoms with Crippen LogP contribution in [0.5, 0.6) is 5.75 Å². The van der Waals surface area contributed by atoms with E-state index in [0.29, 0.717) is 38.5 Å². The molecule has 2 aromatic rings. The van der Waals surface area contributed by atoms with Gasteiger partial charge in [0.2, 0.25) is 0 Å². The number of benzene rings is 2. The number of amides is 1. The van der Waals surface area contributed by atoms with E-state index in [4.69, 9.17) is 14.2 Å². The summed E-state index contributed by atoms with van der Waals surface area (Å²) in [6, 6.07) is 15.4. The van der Waals surface area contributed by atoms with E-state index in [0.717, 1.165) is 17.0 Å². The van der Waals surface area contributed by atoms with E-state index >= 15 is 0 Å². The fraction of sp³-hybridized carbons (Fsp3) is 0.381. The first kappa shape index (κ1) is 19.2. The molecular formula is C21H26N2O4. The van der Waals surface area contributed by atoms with Crippen LogP contribution in [0.1, 0.15) is 29.0 Å². The third kappa shape index (κ3) is 4.59. The van der Waals surface area contributed by atoms with Crippen molar-refractivity contribution in [2.45, 2.75) is 13.1 Å². The Morgan fingerprint density at radius 2 is 1.81 bits per heavy atom. The minimum Gasteiger partial charge on any atom is -0.491 e. The molecule has 1 unspecified atom stereocenters. The second-order valence-electron chi connectivity index (χ2n) is 6.20. The maximum Gasteiger partial charge on any atom is 0.257 e. The number of methoxy groups -OCH3 is 1. The van der Waals surface area contributed by atoms with Gasteiger partial charge in [0.05, 0.1) is 18.8 Å². The van der Waals surface area contributed by atoms with Crippen LogP contribution in [0, 0.1) is 0 Å². The Bertz CT molecular complexity index is 748. The maximum absolute atomic E-state index is 13.0. The molecule has 2 aromatic carbocycles. The van der Waals surface area contributed by atoms with Crippen LogP contribution in [0.15, 0.2) is 48.5 Å². The monoisotopic (exact) mass is 370 g/mol. The molecule has 0 spiro atoms. The second kappa shape index (κ2) is 9.39. The molecular weight excluding hydrogens is 344 g/mol. The van der Waals surface area contributed by atoms with Crippen LogP contribution in [0.4, 0.5) is 5.69 Å². The predicted octanol–water partition coefficient (Wildman–Crippen LogP) is 3.31. The van der Waals surface area contributed by atoms with E-state index in [2.05, 4.69) is 5.32 Å². The largest absolute Gasteiger partial charge is 0.491 e. The summed E-state index contributed by atoms with van der Waals surface area (Å²) in [6.45, 7) is 4.71. The first-order valence-electron chi connectivity index (χ1n) is 9.20. The quantitative estimate of drug-likeness (QED) is 0.686. The van der Waals surface area contributed by atoms with Gasteiger partial charge < -0.3 is 24.4 Å². The summed E-state index contributed by atoms with van der Waals surface area (Å²) in [5.74, 6) is 0.785. The average Bonchev–Trinajstić information content (AvgIpc) is 2.71. The molecule has 1 aliphatic heterocycles. The predicted molar refractivity (Wildman–Crippen MR) is 104 cm³/mol. The van der Waals surface area contributed by atoms with Crippen LogP contribution in [0.25, 0.3) is 0 Å². The topological polar surface area (TPSA) is 60.0 Å². The molecule has 0 saturated carbocycles. The van der Waals surface area contributed by atoms with Crippen LogP contribution in [-0.4, -0.2) is 50.9 Å². The lowest BCUT2D eigenvalue weighted by molar-refractivity contribution is 0.0609. The van der Waals surface area contributed by atoms with E-state index in [1.54, 1.807) is 12.0 Å². The van der Waals surface area contributed by atoms with Crippen molar-refractivity contribution < 1.29 is 19.0 Å². The smallest absolute Gasteiger partial charge is 0.257 e. The molecule has 0 radical (unpaired) electrons. The Labute approximate surface area is 160 Å². The maximum atomic E-state index is 13.0. The average molecular weight is 370 g/mol. The summed E-state index contributed by atoms with van der Waals surface area (Å²) in [4.78, 5) is 14.8. The summed E-state index contributed by atoms with van der Waals surface area (Å²) in [5, 5.41) is 3.47. The van der Waals surface area contributed by atoms with Gasteiger partial charge in [-0.1, -0.05) is 24.3 Å². The van der Waals surface area contributed by atoms with Crippen LogP contribution < -0.4 is 10.1 Å². The Hall–Kier alpha value is -2.57. The molecule has 1 amide bonds. The first-order valence-corrected chi connectivity index (χ1v) is 9.20. The van der Waals surface area contributed by atoms with Crippen molar-refractivity contribution in [3.05, 3.63) is 59.7 Å². The lowest BCUT2D eigenvalue weighted by atomic mass is 10.0. The number of rotatable bonds is 9. The number of fused-ring (bicyclic) bond motifs is 1. The molecule has 1 heterocycles. The molecule has 0 saturated heterocycles. The number of nitrogens with zero attached hydrogens (tertiary/aromatic N) is 1. The summed E-state index contributed by atoms with van der Waals surface area (Å²) in [7, 11) is 1.64. The molecule has 6 heteroatoms. The molecule has 0 aliphatic carbocycles. The number of para-hydroxylation sites is 1. The Kier molecular flexibility index (Phi) is 6.68. The van der Waals surface area contributed by atoms with Gasteiger partial charge in [0, 0.05) is 25.9 Å². The Morgan fingerprint density at radius 3 is 2.56 bits per heavy atom. The van der Waals surface area contributed by atoms with Gasteiger partial charge in [-0.25, -0.2) is 0 Å². The van der Waals surface area contributed by atoms with Gasteiger partial charge in [0.25, 0.3) is 5.91 Å². The molecule has 1 atom stereocenters. The molecule has 6 nitrogen and oxygen atoms in total. The number of carbonyl (C=O) groups excluding carboxylic acids is 1. The van der Waals surface area contributed by atoms with E-state index < -0.39 is 0 Å². The lowest BCUT2D eigenvalue weighted by Gasteiger charge is -2.38. The van der Waals surface area contributed by atoms with Crippen molar-refractivity contribution in [1.82, 2.24) is 4.90 Å². The zero-order valence-electron chi connectivity index (χ0n) is 15.8. The number of nitrogens with one attached hydrogen (secondary N) is 1. The van der Waals surface area contributed by atoms with E-state index in [9.17, 15) is 4.79 Å². The lowest BCUT2D eigenvalue weighted by Crippen LogP contribution is -2.44. The highest BCUT2D eigenvalue weighted by molar-refractivity contribution is 6.01. The molecule has 144 valence electrons. The highest BCUT2D eigenvalue weighted by Gasteiger charge is 2.32. The van der Waals surface area contributed by atoms with Gasteiger partial charge in [-0.15, -0.1) is 0 Å². The number of hydrogen-bond donors (Lipinski definition) is 1. The van der Waals surface area contributed by atoms with Crippen LogP contribution >= 0.6 is 0 Å². The zero-order chi connectivity index (χ0) is 19.1. The van der Waals surface area contributed by atoms with Crippen molar-refractivity contribution in [3.63, 3.8) is 0 Å². The first-order chi connectivity index (χ1) is 13.2. The number of anilines is 1. The van der Waals surface area contributed by atoms with E-state index in [1.807, 2.05) is 55.5 Å². The SMILES string of the molecule is CCOCCOc1ccc(C2Nc3ccccc3C(=O)N2CCOC)cc1. The van der Waals surface area contributed by atoms with Gasteiger partial charge >= 0.3 is 0 Å². The van der Waals surface area contributed by atoms with Crippen molar-refractivity contribution in [3.8, 4) is 5.75 Å². The van der Waals surface area contributed by atoms with Gasteiger partial charge in [0.15, 0.2) is 0 Å². The van der Waals surface area contributed by atoms with Gasteiger partial charge in [-0.05, 0) is 36.8 Å². The Morgan fingerprint density at radius 1 is 1.04 bits per heavy atom. The number of carbonyl (C=O) groups is 1. The summed E-state index contributed by atoms with van der Waals surface area (Å²) in [6.07, 6.45) is -0.250. The van der Waals surface area contributed by atoms with Gasteiger partial charge in [-0.3, -0.25) is 4.79 Å². The molecule has 1 N–H and O–H groups in total.